The third-order valence-electron chi connectivity index (χ3n) is 4.34. The summed E-state index contributed by atoms with van der Waals surface area (Å²) in [5.41, 5.74) is 2.58. The summed E-state index contributed by atoms with van der Waals surface area (Å²) >= 11 is 0. The van der Waals surface area contributed by atoms with Crippen LogP contribution in [0.15, 0.2) is 6.20 Å². The Bertz CT molecular complexity index is 527. The van der Waals surface area contributed by atoms with Crippen LogP contribution in [0.25, 0.3) is 0 Å². The van der Waals surface area contributed by atoms with E-state index in [0.29, 0.717) is 23.1 Å². The molecule has 0 aliphatic heterocycles. The Labute approximate surface area is 125 Å². The molecule has 1 aliphatic rings. The van der Waals surface area contributed by atoms with Gasteiger partial charge in [0.2, 0.25) is 0 Å². The Balaban J connectivity index is 1.95. The summed E-state index contributed by atoms with van der Waals surface area (Å²) in [7, 11) is 1.72. The van der Waals surface area contributed by atoms with Gasteiger partial charge in [0, 0.05) is 44.1 Å². The van der Waals surface area contributed by atoms with Crippen molar-refractivity contribution < 1.29 is 9.66 Å². The van der Waals surface area contributed by atoms with Gasteiger partial charge in [0.1, 0.15) is 0 Å². The van der Waals surface area contributed by atoms with Gasteiger partial charge in [-0.05, 0) is 38.5 Å². The smallest absolute Gasteiger partial charge is 0.278 e. The molecule has 6 heteroatoms. The molecule has 0 bridgehead atoms. The summed E-state index contributed by atoms with van der Waals surface area (Å²) in [6, 6.07) is 0. The van der Waals surface area contributed by atoms with E-state index in [-0.39, 0.29) is 10.6 Å². The fourth-order valence-electron chi connectivity index (χ4n) is 2.68. The average molecular weight is 293 g/mol. The second-order valence-electron chi connectivity index (χ2n) is 5.96. The average Bonchev–Trinajstić information content (AvgIpc) is 3.19. The third kappa shape index (κ3) is 3.77. The molecule has 1 fully saturated rings. The maximum absolute atomic E-state index is 11.1. The second-order valence-corrected chi connectivity index (χ2v) is 5.96. The zero-order chi connectivity index (χ0) is 15.5. The molecule has 1 aromatic heterocycles. The zero-order valence-corrected chi connectivity index (χ0v) is 12.9. The summed E-state index contributed by atoms with van der Waals surface area (Å²) in [6.45, 7) is 5.77. The molecule has 0 atom stereocenters. The number of nitro groups is 1. The summed E-state index contributed by atoms with van der Waals surface area (Å²) in [5.74, 6) is 0. The van der Waals surface area contributed by atoms with Crippen molar-refractivity contribution in [2.24, 2.45) is 5.41 Å². The number of hydrogen-bond acceptors (Lipinski definition) is 5. The molecule has 1 saturated carbocycles. The number of ether oxygens (including phenoxy) is 1. The molecule has 0 aromatic carbocycles. The van der Waals surface area contributed by atoms with E-state index in [1.165, 1.54) is 12.8 Å². The predicted octanol–water partition coefficient (Wildman–Crippen LogP) is 2.51. The van der Waals surface area contributed by atoms with Crippen molar-refractivity contribution in [1.82, 2.24) is 10.3 Å². The SMILES string of the molecule is COCCC1(CNCc2ncc(C)c([N+](=O)[O-])c2C)CC1. The lowest BCUT2D eigenvalue weighted by Crippen LogP contribution is -2.25. The maximum Gasteiger partial charge on any atom is 0.278 e. The summed E-state index contributed by atoms with van der Waals surface area (Å²) < 4.78 is 5.14. The lowest BCUT2D eigenvalue weighted by molar-refractivity contribution is -0.386. The normalized spacial score (nSPS) is 16.0. The van der Waals surface area contributed by atoms with E-state index in [1.807, 2.05) is 0 Å². The minimum Gasteiger partial charge on any atom is -0.385 e. The summed E-state index contributed by atoms with van der Waals surface area (Å²) in [6.07, 6.45) is 5.10. The highest BCUT2D eigenvalue weighted by atomic mass is 16.6. The molecule has 116 valence electrons. The van der Waals surface area contributed by atoms with Crippen molar-refractivity contribution >= 4 is 5.69 Å². The standard InChI is InChI=1S/C15H23N3O3/c1-11-8-17-13(12(2)14(11)18(19)20)9-16-10-15(4-5-15)6-7-21-3/h8,16H,4-7,9-10H2,1-3H3. The molecule has 1 aromatic rings. The van der Waals surface area contributed by atoms with Gasteiger partial charge in [0.05, 0.1) is 10.6 Å². The highest BCUT2D eigenvalue weighted by Gasteiger charge is 2.41. The Hall–Kier alpha value is -1.53. The van der Waals surface area contributed by atoms with Crippen LogP contribution in [-0.2, 0) is 11.3 Å². The Kier molecular flexibility index (Phi) is 4.90. The van der Waals surface area contributed by atoms with E-state index in [9.17, 15) is 10.1 Å². The number of methoxy groups -OCH3 is 1. The second kappa shape index (κ2) is 6.49. The highest BCUT2D eigenvalue weighted by molar-refractivity contribution is 5.47. The first-order chi connectivity index (χ1) is 9.99. The number of nitrogens with zero attached hydrogens (tertiary/aromatic N) is 2. The van der Waals surface area contributed by atoms with Crippen LogP contribution in [0.2, 0.25) is 0 Å². The van der Waals surface area contributed by atoms with Gasteiger partial charge in [0.25, 0.3) is 5.69 Å². The van der Waals surface area contributed by atoms with Gasteiger partial charge in [-0.3, -0.25) is 15.1 Å². The largest absolute Gasteiger partial charge is 0.385 e. The fourth-order valence-corrected chi connectivity index (χ4v) is 2.68. The highest BCUT2D eigenvalue weighted by Crippen LogP contribution is 2.48. The van der Waals surface area contributed by atoms with Crippen LogP contribution >= 0.6 is 0 Å². The molecule has 1 heterocycles. The predicted molar refractivity (Wildman–Crippen MR) is 80.2 cm³/mol. The van der Waals surface area contributed by atoms with Crippen LogP contribution in [0.3, 0.4) is 0 Å². The van der Waals surface area contributed by atoms with E-state index in [2.05, 4.69) is 10.3 Å². The van der Waals surface area contributed by atoms with Gasteiger partial charge in [-0.2, -0.15) is 0 Å². The van der Waals surface area contributed by atoms with Crippen LogP contribution in [0.4, 0.5) is 5.69 Å². The fraction of sp³-hybridized carbons (Fsp3) is 0.667. The summed E-state index contributed by atoms with van der Waals surface area (Å²) in [5, 5.41) is 14.5. The third-order valence-corrected chi connectivity index (χ3v) is 4.34. The first-order valence-corrected chi connectivity index (χ1v) is 7.28. The number of aryl methyl sites for hydroxylation is 1. The van der Waals surface area contributed by atoms with E-state index < -0.39 is 0 Å². The lowest BCUT2D eigenvalue weighted by atomic mass is 10.0. The quantitative estimate of drug-likeness (QED) is 0.588. The Morgan fingerprint density at radius 1 is 1.48 bits per heavy atom. The van der Waals surface area contributed by atoms with Gasteiger partial charge >= 0.3 is 0 Å². The van der Waals surface area contributed by atoms with Crippen molar-refractivity contribution in [1.29, 1.82) is 0 Å². The molecule has 0 amide bonds. The van der Waals surface area contributed by atoms with Crippen molar-refractivity contribution in [2.45, 2.75) is 39.7 Å². The maximum atomic E-state index is 11.1. The molecule has 2 rings (SSSR count). The monoisotopic (exact) mass is 293 g/mol. The van der Waals surface area contributed by atoms with E-state index in [0.717, 1.165) is 25.3 Å². The summed E-state index contributed by atoms with van der Waals surface area (Å²) in [4.78, 5) is 15.1. The molecule has 1 aliphatic carbocycles. The number of pyridine rings is 1. The van der Waals surface area contributed by atoms with Crippen molar-refractivity contribution in [3.63, 3.8) is 0 Å². The minimum atomic E-state index is -0.323. The van der Waals surface area contributed by atoms with Crippen LogP contribution in [-0.4, -0.2) is 30.2 Å². The van der Waals surface area contributed by atoms with Crippen LogP contribution < -0.4 is 5.32 Å². The van der Waals surface area contributed by atoms with Gasteiger partial charge in [0.15, 0.2) is 0 Å². The number of aromatic nitrogens is 1. The van der Waals surface area contributed by atoms with E-state index >= 15 is 0 Å². The van der Waals surface area contributed by atoms with Gasteiger partial charge in [-0.15, -0.1) is 0 Å². The van der Waals surface area contributed by atoms with Crippen LogP contribution in [0.5, 0.6) is 0 Å². The first kappa shape index (κ1) is 15.9. The van der Waals surface area contributed by atoms with Gasteiger partial charge in [-0.25, -0.2) is 0 Å². The van der Waals surface area contributed by atoms with E-state index in [1.54, 1.807) is 27.2 Å². The molecule has 1 N–H and O–H groups in total. The van der Waals surface area contributed by atoms with E-state index in [4.69, 9.17) is 4.74 Å². The zero-order valence-electron chi connectivity index (χ0n) is 12.9. The number of nitrogens with one attached hydrogen (secondary N) is 1. The molecule has 6 nitrogen and oxygen atoms in total. The molecule has 0 unspecified atom stereocenters. The van der Waals surface area contributed by atoms with Gasteiger partial charge < -0.3 is 10.1 Å². The molecular weight excluding hydrogens is 270 g/mol. The first-order valence-electron chi connectivity index (χ1n) is 7.28. The number of hydrogen-bond donors (Lipinski definition) is 1. The van der Waals surface area contributed by atoms with Gasteiger partial charge in [-0.1, -0.05) is 0 Å². The molecule has 0 saturated heterocycles. The Morgan fingerprint density at radius 3 is 2.76 bits per heavy atom. The van der Waals surface area contributed by atoms with Crippen LogP contribution in [0, 0.1) is 29.4 Å². The van der Waals surface area contributed by atoms with Crippen molar-refractivity contribution in [2.75, 3.05) is 20.3 Å². The van der Waals surface area contributed by atoms with Crippen molar-refractivity contribution in [3.8, 4) is 0 Å². The molecule has 0 spiro atoms. The topological polar surface area (TPSA) is 77.3 Å². The van der Waals surface area contributed by atoms with Crippen molar-refractivity contribution in [3.05, 3.63) is 33.1 Å². The lowest BCUT2D eigenvalue weighted by Gasteiger charge is -2.16. The molecular formula is C15H23N3O3. The molecule has 21 heavy (non-hydrogen) atoms. The van der Waals surface area contributed by atoms with Crippen LogP contribution in [0.1, 0.15) is 36.1 Å². The Morgan fingerprint density at radius 2 is 2.19 bits per heavy atom. The number of rotatable bonds is 8. The molecule has 0 radical (unpaired) electrons. The minimum absolute atomic E-state index is 0.183.